The van der Waals surface area contributed by atoms with Crippen LogP contribution in [0.1, 0.15) is 56.2 Å². The molecule has 1 aromatic carbocycles. The van der Waals surface area contributed by atoms with Gasteiger partial charge in [0.25, 0.3) is 0 Å². The molecule has 0 saturated heterocycles. The molecule has 0 atom stereocenters. The Hall–Kier alpha value is -1.57. The fourth-order valence-corrected chi connectivity index (χ4v) is 2.23. The van der Waals surface area contributed by atoms with Crippen LogP contribution in [0.15, 0.2) is 36.9 Å². The number of benzene rings is 1. The molecule has 0 N–H and O–H groups in total. The number of aromatic nitrogens is 2. The van der Waals surface area contributed by atoms with Crippen LogP contribution in [0.25, 0.3) is 0 Å². The Morgan fingerprint density at radius 3 is 2.44 bits per heavy atom. The van der Waals surface area contributed by atoms with E-state index in [4.69, 9.17) is 0 Å². The number of nitrogens with zero attached hydrogens (tertiary/aromatic N) is 2. The molecule has 0 fully saturated rings. The fourth-order valence-electron chi connectivity index (χ4n) is 2.23. The average Bonchev–Trinajstić information content (AvgIpc) is 2.81. The summed E-state index contributed by atoms with van der Waals surface area (Å²) in [5, 5.41) is 0. The molecule has 0 spiro atoms. The minimum Gasteiger partial charge on any atom is -0.333 e. The summed E-state index contributed by atoms with van der Waals surface area (Å²) < 4.78 is 2.12. The van der Waals surface area contributed by atoms with E-state index in [9.17, 15) is 0 Å². The first-order valence-electron chi connectivity index (χ1n) is 6.66. The summed E-state index contributed by atoms with van der Waals surface area (Å²) in [5.74, 6) is 1.15. The Labute approximate surface area is 110 Å². The normalized spacial score (nSPS) is 11.4. The van der Waals surface area contributed by atoms with Crippen LogP contribution in [-0.2, 0) is 6.54 Å². The molecule has 0 aliphatic carbocycles. The highest BCUT2D eigenvalue weighted by Gasteiger charge is 2.09. The quantitative estimate of drug-likeness (QED) is 0.786. The second kappa shape index (κ2) is 5.38. The topological polar surface area (TPSA) is 17.8 Å². The lowest BCUT2D eigenvalue weighted by molar-refractivity contribution is 0.756. The van der Waals surface area contributed by atoms with E-state index in [2.05, 4.69) is 55.4 Å². The van der Waals surface area contributed by atoms with Crippen LogP contribution in [0, 0.1) is 0 Å². The Morgan fingerprint density at radius 1 is 1.11 bits per heavy atom. The zero-order valence-electron chi connectivity index (χ0n) is 11.7. The summed E-state index contributed by atoms with van der Waals surface area (Å²) in [4.78, 5) is 4.10. The lowest BCUT2D eigenvalue weighted by atomic mass is 9.91. The van der Waals surface area contributed by atoms with Crippen molar-refractivity contribution in [1.82, 2.24) is 9.55 Å². The van der Waals surface area contributed by atoms with Gasteiger partial charge in [-0.25, -0.2) is 4.98 Å². The molecular weight excluding hydrogens is 220 g/mol. The Bertz CT molecular complexity index is 496. The molecule has 0 aliphatic rings. The molecule has 0 saturated carbocycles. The molecule has 18 heavy (non-hydrogen) atoms. The van der Waals surface area contributed by atoms with Gasteiger partial charge in [-0.05, 0) is 28.5 Å². The van der Waals surface area contributed by atoms with E-state index < -0.39 is 0 Å². The third kappa shape index (κ3) is 2.81. The first-order valence-corrected chi connectivity index (χ1v) is 6.66. The summed E-state index contributed by atoms with van der Waals surface area (Å²) >= 11 is 0. The summed E-state index contributed by atoms with van der Waals surface area (Å²) in [6, 6.07) is 6.88. The summed E-state index contributed by atoms with van der Waals surface area (Å²) in [7, 11) is 0. The summed E-state index contributed by atoms with van der Waals surface area (Å²) in [5.41, 5.74) is 4.27. The van der Waals surface area contributed by atoms with Gasteiger partial charge in [0.15, 0.2) is 0 Å². The molecule has 0 amide bonds. The molecule has 1 heterocycles. The number of rotatable bonds is 4. The van der Waals surface area contributed by atoms with Crippen LogP contribution in [0.4, 0.5) is 0 Å². The highest BCUT2D eigenvalue weighted by atomic mass is 15.0. The van der Waals surface area contributed by atoms with E-state index in [1.54, 1.807) is 0 Å². The predicted molar refractivity (Wildman–Crippen MR) is 75.9 cm³/mol. The van der Waals surface area contributed by atoms with Gasteiger partial charge in [-0.15, -0.1) is 0 Å². The van der Waals surface area contributed by atoms with Crippen LogP contribution < -0.4 is 0 Å². The van der Waals surface area contributed by atoms with Gasteiger partial charge in [0, 0.05) is 18.9 Å². The highest BCUT2D eigenvalue weighted by molar-refractivity contribution is 5.35. The third-order valence-electron chi connectivity index (χ3n) is 3.37. The van der Waals surface area contributed by atoms with Gasteiger partial charge in [-0.2, -0.15) is 0 Å². The lowest BCUT2D eigenvalue weighted by Gasteiger charge is -2.16. The third-order valence-corrected chi connectivity index (χ3v) is 3.37. The molecular formula is C16H22N2. The highest BCUT2D eigenvalue weighted by Crippen LogP contribution is 2.25. The van der Waals surface area contributed by atoms with Crippen molar-refractivity contribution in [3.8, 4) is 0 Å². The smallest absolute Gasteiger partial charge is 0.0949 e. The van der Waals surface area contributed by atoms with Gasteiger partial charge < -0.3 is 4.57 Å². The first-order chi connectivity index (χ1) is 8.58. The zero-order valence-corrected chi connectivity index (χ0v) is 11.7. The maximum absolute atomic E-state index is 4.10. The number of hydrogen-bond donors (Lipinski definition) is 0. The van der Waals surface area contributed by atoms with Crippen LogP contribution >= 0.6 is 0 Å². The second-order valence-corrected chi connectivity index (χ2v) is 5.50. The fraction of sp³-hybridized carbons (Fsp3) is 0.438. The van der Waals surface area contributed by atoms with Crippen molar-refractivity contribution in [2.24, 2.45) is 0 Å². The zero-order chi connectivity index (χ0) is 13.1. The molecule has 0 radical (unpaired) electrons. The van der Waals surface area contributed by atoms with Crippen LogP contribution in [0.3, 0.4) is 0 Å². The number of imidazole rings is 1. The molecule has 1 aromatic heterocycles. The Kier molecular flexibility index (Phi) is 3.85. The minimum atomic E-state index is 0.558. The molecule has 0 bridgehead atoms. The summed E-state index contributed by atoms with van der Waals surface area (Å²) in [6.45, 7) is 9.92. The minimum absolute atomic E-state index is 0.558. The van der Waals surface area contributed by atoms with E-state index in [1.807, 2.05) is 18.7 Å². The van der Waals surface area contributed by atoms with Crippen molar-refractivity contribution < 1.29 is 0 Å². The van der Waals surface area contributed by atoms with Gasteiger partial charge in [0.05, 0.1) is 6.33 Å². The van der Waals surface area contributed by atoms with Crippen molar-refractivity contribution in [3.05, 3.63) is 53.6 Å². The molecule has 2 rings (SSSR count). The standard InChI is InChI=1S/C16H22N2/c1-12(2)14-5-6-15(16(9-14)13(3)4)10-18-8-7-17-11-18/h5-9,11-13H,10H2,1-4H3. The van der Waals surface area contributed by atoms with E-state index in [0.717, 1.165) is 6.54 Å². The first kappa shape index (κ1) is 12.9. The average molecular weight is 242 g/mol. The van der Waals surface area contributed by atoms with Gasteiger partial charge in [0.2, 0.25) is 0 Å². The maximum atomic E-state index is 4.10. The Balaban J connectivity index is 2.34. The SMILES string of the molecule is CC(C)c1ccc(Cn2ccnc2)c(C(C)C)c1. The molecule has 2 nitrogen and oxygen atoms in total. The van der Waals surface area contributed by atoms with E-state index >= 15 is 0 Å². The van der Waals surface area contributed by atoms with Crippen molar-refractivity contribution >= 4 is 0 Å². The molecule has 2 heteroatoms. The second-order valence-electron chi connectivity index (χ2n) is 5.50. The monoisotopic (exact) mass is 242 g/mol. The van der Waals surface area contributed by atoms with Crippen molar-refractivity contribution in [3.63, 3.8) is 0 Å². The van der Waals surface area contributed by atoms with Gasteiger partial charge in [-0.3, -0.25) is 0 Å². The Morgan fingerprint density at radius 2 is 1.89 bits per heavy atom. The van der Waals surface area contributed by atoms with Crippen molar-refractivity contribution in [1.29, 1.82) is 0 Å². The van der Waals surface area contributed by atoms with Crippen molar-refractivity contribution in [2.45, 2.75) is 46.1 Å². The number of hydrogen-bond acceptors (Lipinski definition) is 1. The molecule has 0 aliphatic heterocycles. The maximum Gasteiger partial charge on any atom is 0.0949 e. The van der Waals surface area contributed by atoms with Crippen LogP contribution in [0.2, 0.25) is 0 Å². The van der Waals surface area contributed by atoms with Crippen molar-refractivity contribution in [2.75, 3.05) is 0 Å². The molecule has 96 valence electrons. The van der Waals surface area contributed by atoms with Crippen LogP contribution in [-0.4, -0.2) is 9.55 Å². The van der Waals surface area contributed by atoms with Crippen LogP contribution in [0.5, 0.6) is 0 Å². The lowest BCUT2D eigenvalue weighted by Crippen LogP contribution is -2.04. The van der Waals surface area contributed by atoms with E-state index in [0.29, 0.717) is 11.8 Å². The largest absolute Gasteiger partial charge is 0.333 e. The van der Waals surface area contributed by atoms with Gasteiger partial charge in [0.1, 0.15) is 0 Å². The van der Waals surface area contributed by atoms with Gasteiger partial charge >= 0.3 is 0 Å². The van der Waals surface area contributed by atoms with E-state index in [-0.39, 0.29) is 0 Å². The molecule has 2 aromatic rings. The predicted octanol–water partition coefficient (Wildman–Crippen LogP) is 4.18. The van der Waals surface area contributed by atoms with Gasteiger partial charge in [-0.1, -0.05) is 45.9 Å². The summed E-state index contributed by atoms with van der Waals surface area (Å²) in [6.07, 6.45) is 5.72. The molecule has 0 unspecified atom stereocenters. The van der Waals surface area contributed by atoms with E-state index in [1.165, 1.54) is 16.7 Å².